The van der Waals surface area contributed by atoms with Crippen LogP contribution in [0.3, 0.4) is 0 Å². The summed E-state index contributed by atoms with van der Waals surface area (Å²) < 4.78 is 5.35. The Morgan fingerprint density at radius 3 is 2.56 bits per heavy atom. The maximum absolute atomic E-state index is 13.1. The fourth-order valence-corrected chi connectivity index (χ4v) is 3.49. The minimum atomic E-state index is -0.122. The maximum Gasteiger partial charge on any atom is 0.266 e. The minimum Gasteiger partial charge on any atom is -0.379 e. The number of carbonyl (C=O) groups is 1. The smallest absolute Gasteiger partial charge is 0.266 e. The number of hydrogen-bond donors (Lipinski definition) is 1. The number of pyridine rings is 1. The number of amides is 1. The number of morpholine rings is 1. The number of halogens is 1. The normalized spacial score (nSPS) is 15.0. The first-order valence-electron chi connectivity index (χ1n) is 8.92. The Kier molecular flexibility index (Phi) is 5.07. The van der Waals surface area contributed by atoms with E-state index in [4.69, 9.17) is 21.3 Å². The molecule has 0 radical (unpaired) electrons. The maximum atomic E-state index is 13.1. The third-order valence-corrected chi connectivity index (χ3v) is 5.00. The van der Waals surface area contributed by atoms with Crippen LogP contribution in [0, 0.1) is 6.92 Å². The van der Waals surface area contributed by atoms with E-state index in [1.807, 2.05) is 60.5 Å². The molecular formula is C21H20ClN3O2. The van der Waals surface area contributed by atoms with Gasteiger partial charge < -0.3 is 4.74 Å². The number of para-hydroxylation sites is 1. The zero-order valence-corrected chi connectivity index (χ0v) is 15.8. The van der Waals surface area contributed by atoms with Crippen molar-refractivity contribution in [2.45, 2.75) is 6.92 Å². The van der Waals surface area contributed by atoms with Crippen LogP contribution in [-0.4, -0.2) is 42.2 Å². The van der Waals surface area contributed by atoms with E-state index in [2.05, 4.69) is 5.43 Å². The second-order valence-corrected chi connectivity index (χ2v) is 6.96. The second-order valence-electron chi connectivity index (χ2n) is 6.52. The average molecular weight is 382 g/mol. The molecule has 1 amide bonds. The van der Waals surface area contributed by atoms with E-state index in [0.717, 1.165) is 27.7 Å². The first-order valence-corrected chi connectivity index (χ1v) is 9.30. The van der Waals surface area contributed by atoms with Gasteiger partial charge in [-0.2, -0.15) is 0 Å². The van der Waals surface area contributed by atoms with E-state index >= 15 is 0 Å². The van der Waals surface area contributed by atoms with E-state index in [1.54, 1.807) is 0 Å². The van der Waals surface area contributed by atoms with Crippen molar-refractivity contribution in [2.24, 2.45) is 0 Å². The monoisotopic (exact) mass is 381 g/mol. The minimum absolute atomic E-state index is 0.122. The molecule has 1 aromatic heterocycles. The topological polar surface area (TPSA) is 54.5 Å². The number of carbonyl (C=O) groups excluding carboxylic acids is 1. The summed E-state index contributed by atoms with van der Waals surface area (Å²) in [6.07, 6.45) is 0. The standard InChI is InChI=1S/C21H20ClN3O2/c1-14-19(21(26)24-25-10-12-27-13-11-25)17-4-2-3-5-18(17)23-20(14)15-6-8-16(22)9-7-15/h2-9H,10-13H2,1H3,(H,24,26). The van der Waals surface area contributed by atoms with Crippen molar-refractivity contribution in [1.82, 2.24) is 15.4 Å². The van der Waals surface area contributed by atoms with Gasteiger partial charge >= 0.3 is 0 Å². The van der Waals surface area contributed by atoms with Crippen molar-refractivity contribution in [3.63, 3.8) is 0 Å². The van der Waals surface area contributed by atoms with Gasteiger partial charge in [-0.3, -0.25) is 10.2 Å². The predicted octanol–water partition coefficient (Wildman–Crippen LogP) is 3.84. The second kappa shape index (κ2) is 7.64. The van der Waals surface area contributed by atoms with Gasteiger partial charge in [0.1, 0.15) is 0 Å². The molecule has 27 heavy (non-hydrogen) atoms. The number of aromatic nitrogens is 1. The largest absolute Gasteiger partial charge is 0.379 e. The third kappa shape index (κ3) is 3.67. The fraction of sp³-hybridized carbons (Fsp3) is 0.238. The highest BCUT2D eigenvalue weighted by Gasteiger charge is 2.21. The van der Waals surface area contributed by atoms with Crippen molar-refractivity contribution >= 4 is 28.4 Å². The Balaban J connectivity index is 1.81. The summed E-state index contributed by atoms with van der Waals surface area (Å²) in [6.45, 7) is 4.53. The van der Waals surface area contributed by atoms with Crippen LogP contribution in [0.15, 0.2) is 48.5 Å². The first kappa shape index (κ1) is 17.9. The summed E-state index contributed by atoms with van der Waals surface area (Å²) in [4.78, 5) is 18.0. The van der Waals surface area contributed by atoms with Gasteiger partial charge in [0.15, 0.2) is 0 Å². The van der Waals surface area contributed by atoms with Crippen LogP contribution in [0.25, 0.3) is 22.2 Å². The Labute approximate surface area is 162 Å². The molecule has 1 fully saturated rings. The van der Waals surface area contributed by atoms with Crippen molar-refractivity contribution in [3.8, 4) is 11.3 Å². The summed E-state index contributed by atoms with van der Waals surface area (Å²) in [6, 6.07) is 15.2. The van der Waals surface area contributed by atoms with Gasteiger partial charge in [0.2, 0.25) is 0 Å². The lowest BCUT2D eigenvalue weighted by Crippen LogP contribution is -2.48. The SMILES string of the molecule is Cc1c(-c2ccc(Cl)cc2)nc2ccccc2c1C(=O)NN1CCOCC1. The quantitative estimate of drug-likeness (QED) is 0.749. The summed E-state index contributed by atoms with van der Waals surface area (Å²) in [5.74, 6) is -0.122. The Morgan fingerprint density at radius 2 is 1.81 bits per heavy atom. The molecule has 5 nitrogen and oxygen atoms in total. The van der Waals surface area contributed by atoms with Gasteiger partial charge in [0.25, 0.3) is 5.91 Å². The molecule has 0 spiro atoms. The molecule has 1 aliphatic rings. The van der Waals surface area contributed by atoms with Gasteiger partial charge in [0, 0.05) is 29.1 Å². The van der Waals surface area contributed by atoms with Crippen LogP contribution in [0.2, 0.25) is 5.02 Å². The van der Waals surface area contributed by atoms with E-state index in [0.29, 0.717) is 36.9 Å². The number of benzene rings is 2. The van der Waals surface area contributed by atoms with Crippen LogP contribution < -0.4 is 5.43 Å². The zero-order valence-electron chi connectivity index (χ0n) is 15.0. The highest BCUT2D eigenvalue weighted by Crippen LogP contribution is 2.30. The van der Waals surface area contributed by atoms with E-state index in [1.165, 1.54) is 0 Å². The summed E-state index contributed by atoms with van der Waals surface area (Å²) in [5.41, 5.74) is 7.03. The van der Waals surface area contributed by atoms with Crippen LogP contribution in [0.4, 0.5) is 0 Å². The molecule has 1 N–H and O–H groups in total. The summed E-state index contributed by atoms with van der Waals surface area (Å²) in [7, 11) is 0. The third-order valence-electron chi connectivity index (χ3n) is 4.75. The van der Waals surface area contributed by atoms with E-state index < -0.39 is 0 Å². The van der Waals surface area contributed by atoms with Crippen molar-refractivity contribution < 1.29 is 9.53 Å². The molecule has 2 heterocycles. The van der Waals surface area contributed by atoms with E-state index in [9.17, 15) is 4.79 Å². The summed E-state index contributed by atoms with van der Waals surface area (Å²) in [5, 5.41) is 3.42. The van der Waals surface area contributed by atoms with Crippen LogP contribution in [-0.2, 0) is 4.74 Å². The molecule has 0 atom stereocenters. The average Bonchev–Trinajstić information content (AvgIpc) is 2.69. The van der Waals surface area contributed by atoms with Gasteiger partial charge in [-0.1, -0.05) is 41.9 Å². The molecule has 0 saturated carbocycles. The highest BCUT2D eigenvalue weighted by atomic mass is 35.5. The van der Waals surface area contributed by atoms with E-state index in [-0.39, 0.29) is 5.91 Å². The molecule has 1 saturated heterocycles. The lowest BCUT2D eigenvalue weighted by Gasteiger charge is -2.27. The van der Waals surface area contributed by atoms with Crippen LogP contribution in [0.1, 0.15) is 15.9 Å². The van der Waals surface area contributed by atoms with Crippen LogP contribution in [0.5, 0.6) is 0 Å². The number of fused-ring (bicyclic) bond motifs is 1. The van der Waals surface area contributed by atoms with Gasteiger partial charge in [-0.15, -0.1) is 0 Å². The lowest BCUT2D eigenvalue weighted by molar-refractivity contribution is 0.0126. The summed E-state index contributed by atoms with van der Waals surface area (Å²) >= 11 is 6.02. The Morgan fingerprint density at radius 1 is 1.11 bits per heavy atom. The first-order chi connectivity index (χ1) is 13.1. The fourth-order valence-electron chi connectivity index (χ4n) is 3.36. The molecule has 0 bridgehead atoms. The zero-order chi connectivity index (χ0) is 18.8. The molecule has 6 heteroatoms. The van der Waals surface area contributed by atoms with Gasteiger partial charge in [0.05, 0.1) is 30.0 Å². The van der Waals surface area contributed by atoms with Crippen molar-refractivity contribution in [1.29, 1.82) is 0 Å². The molecule has 0 unspecified atom stereocenters. The Bertz CT molecular complexity index is 983. The molecule has 4 rings (SSSR count). The molecule has 2 aromatic carbocycles. The molecular weight excluding hydrogens is 362 g/mol. The van der Waals surface area contributed by atoms with Crippen molar-refractivity contribution in [3.05, 3.63) is 64.7 Å². The number of hydrogen-bond acceptors (Lipinski definition) is 4. The lowest BCUT2D eigenvalue weighted by atomic mass is 9.97. The molecule has 0 aliphatic carbocycles. The van der Waals surface area contributed by atoms with Crippen LogP contribution >= 0.6 is 11.6 Å². The number of rotatable bonds is 3. The van der Waals surface area contributed by atoms with Gasteiger partial charge in [-0.05, 0) is 30.7 Å². The number of hydrazine groups is 1. The molecule has 138 valence electrons. The number of nitrogens with one attached hydrogen (secondary N) is 1. The molecule has 3 aromatic rings. The number of ether oxygens (including phenoxy) is 1. The predicted molar refractivity (Wildman–Crippen MR) is 107 cm³/mol. The Hall–Kier alpha value is -2.47. The van der Waals surface area contributed by atoms with Gasteiger partial charge in [-0.25, -0.2) is 9.99 Å². The number of nitrogens with zero attached hydrogens (tertiary/aromatic N) is 2. The highest BCUT2D eigenvalue weighted by molar-refractivity contribution is 6.30. The van der Waals surface area contributed by atoms with Crippen molar-refractivity contribution in [2.75, 3.05) is 26.3 Å². The molecule has 1 aliphatic heterocycles.